The van der Waals surface area contributed by atoms with Crippen molar-refractivity contribution in [2.45, 2.75) is 32.6 Å². The van der Waals surface area contributed by atoms with E-state index in [-0.39, 0.29) is 16.3 Å². The highest BCUT2D eigenvalue weighted by molar-refractivity contribution is 5.59. The SMILES string of the molecule is CN(C)CCCNc1c(C(C)(C)C)c(=O)c1=O. The van der Waals surface area contributed by atoms with E-state index in [0.717, 1.165) is 19.5 Å². The Balaban J connectivity index is 2.64. The molecule has 0 unspecified atom stereocenters. The summed E-state index contributed by atoms with van der Waals surface area (Å²) in [6.07, 6.45) is 0.954. The number of anilines is 1. The predicted octanol–water partition coefficient (Wildman–Crippen LogP) is 0.944. The Bertz CT molecular complexity index is 448. The van der Waals surface area contributed by atoms with Gasteiger partial charge >= 0.3 is 0 Å². The summed E-state index contributed by atoms with van der Waals surface area (Å²) in [6.45, 7) is 7.55. The summed E-state index contributed by atoms with van der Waals surface area (Å²) in [7, 11) is 4.02. The minimum Gasteiger partial charge on any atom is -0.381 e. The van der Waals surface area contributed by atoms with E-state index in [9.17, 15) is 9.59 Å². The van der Waals surface area contributed by atoms with Gasteiger partial charge in [0.15, 0.2) is 0 Å². The first-order valence-corrected chi connectivity index (χ1v) is 5.97. The van der Waals surface area contributed by atoms with Crippen molar-refractivity contribution in [1.82, 2.24) is 4.90 Å². The fraction of sp³-hybridized carbons (Fsp3) is 0.692. The average Bonchev–Trinajstić information content (AvgIpc) is 2.19. The Hall–Kier alpha value is -1.16. The molecule has 1 aromatic rings. The molecule has 0 aliphatic heterocycles. The summed E-state index contributed by atoms with van der Waals surface area (Å²) in [6, 6.07) is 0. The van der Waals surface area contributed by atoms with E-state index in [0.29, 0.717) is 11.3 Å². The Morgan fingerprint density at radius 3 is 2.18 bits per heavy atom. The van der Waals surface area contributed by atoms with Crippen LogP contribution in [0.2, 0.25) is 0 Å². The van der Waals surface area contributed by atoms with E-state index in [1.165, 1.54) is 0 Å². The molecule has 0 saturated heterocycles. The van der Waals surface area contributed by atoms with Crippen molar-refractivity contribution < 1.29 is 0 Å². The second-order valence-electron chi connectivity index (χ2n) is 5.74. The Kier molecular flexibility index (Phi) is 4.09. The molecular weight excluding hydrogens is 216 g/mol. The molecule has 0 amide bonds. The Morgan fingerprint density at radius 2 is 1.71 bits per heavy atom. The standard InChI is InChI=1S/C13H22N2O2/c1-13(2,3)9-10(12(17)11(9)16)14-7-6-8-15(4)5/h14H,6-8H2,1-5H3. The van der Waals surface area contributed by atoms with Gasteiger partial charge in [-0.25, -0.2) is 0 Å². The first-order valence-electron chi connectivity index (χ1n) is 5.97. The average molecular weight is 238 g/mol. The summed E-state index contributed by atoms with van der Waals surface area (Å²) in [5, 5.41) is 3.09. The van der Waals surface area contributed by atoms with E-state index in [4.69, 9.17) is 0 Å². The van der Waals surface area contributed by atoms with Gasteiger partial charge in [0.1, 0.15) is 0 Å². The smallest absolute Gasteiger partial charge is 0.249 e. The normalized spacial score (nSPS) is 12.4. The van der Waals surface area contributed by atoms with Crippen LogP contribution in [-0.4, -0.2) is 32.1 Å². The van der Waals surface area contributed by atoms with Crippen LogP contribution in [0.15, 0.2) is 9.59 Å². The van der Waals surface area contributed by atoms with Crippen LogP contribution in [0.5, 0.6) is 0 Å². The Labute approximate surface area is 102 Å². The summed E-state index contributed by atoms with van der Waals surface area (Å²) in [5.74, 6) is 0. The lowest BCUT2D eigenvalue weighted by molar-refractivity contribution is 0.405. The van der Waals surface area contributed by atoms with Crippen LogP contribution in [0.3, 0.4) is 0 Å². The molecule has 4 heteroatoms. The van der Waals surface area contributed by atoms with Crippen LogP contribution in [0.1, 0.15) is 32.8 Å². The minimum atomic E-state index is -0.361. The van der Waals surface area contributed by atoms with Crippen LogP contribution < -0.4 is 16.2 Å². The molecule has 0 saturated carbocycles. The first kappa shape index (κ1) is 13.9. The molecule has 0 aromatic heterocycles. The quantitative estimate of drug-likeness (QED) is 0.613. The zero-order valence-electron chi connectivity index (χ0n) is 11.4. The highest BCUT2D eigenvalue weighted by Gasteiger charge is 2.29. The largest absolute Gasteiger partial charge is 0.381 e. The third-order valence-electron chi connectivity index (χ3n) is 2.74. The lowest BCUT2D eigenvalue weighted by Crippen LogP contribution is -2.43. The third kappa shape index (κ3) is 3.16. The summed E-state index contributed by atoms with van der Waals surface area (Å²) >= 11 is 0. The van der Waals surface area contributed by atoms with Crippen LogP contribution in [-0.2, 0) is 5.41 Å². The van der Waals surface area contributed by atoms with Crippen molar-refractivity contribution in [1.29, 1.82) is 0 Å². The highest BCUT2D eigenvalue weighted by atomic mass is 16.2. The van der Waals surface area contributed by atoms with E-state index in [1.807, 2.05) is 34.9 Å². The number of nitrogens with one attached hydrogen (secondary N) is 1. The van der Waals surface area contributed by atoms with Crippen molar-refractivity contribution in [3.63, 3.8) is 0 Å². The van der Waals surface area contributed by atoms with Crippen molar-refractivity contribution in [2.75, 3.05) is 32.5 Å². The van der Waals surface area contributed by atoms with Gasteiger partial charge in [0, 0.05) is 12.1 Å². The van der Waals surface area contributed by atoms with Crippen LogP contribution >= 0.6 is 0 Å². The van der Waals surface area contributed by atoms with Crippen molar-refractivity contribution in [3.05, 3.63) is 26.0 Å². The monoisotopic (exact) mass is 238 g/mol. The molecule has 0 radical (unpaired) electrons. The highest BCUT2D eigenvalue weighted by Crippen LogP contribution is 2.25. The molecule has 0 heterocycles. The fourth-order valence-electron chi connectivity index (χ4n) is 1.88. The molecule has 4 nitrogen and oxygen atoms in total. The lowest BCUT2D eigenvalue weighted by Gasteiger charge is -2.24. The maximum atomic E-state index is 11.5. The van der Waals surface area contributed by atoms with Gasteiger partial charge in [0.05, 0.1) is 5.69 Å². The molecule has 0 aliphatic rings. The number of nitrogens with zero attached hydrogens (tertiary/aromatic N) is 1. The van der Waals surface area contributed by atoms with Crippen molar-refractivity contribution >= 4 is 5.69 Å². The van der Waals surface area contributed by atoms with Crippen molar-refractivity contribution in [2.24, 2.45) is 0 Å². The summed E-state index contributed by atoms with van der Waals surface area (Å²) in [5.41, 5.74) is 0.232. The van der Waals surface area contributed by atoms with E-state index in [2.05, 4.69) is 10.2 Å². The van der Waals surface area contributed by atoms with Crippen molar-refractivity contribution in [3.8, 4) is 0 Å². The summed E-state index contributed by atoms with van der Waals surface area (Å²) in [4.78, 5) is 25.1. The fourth-order valence-corrected chi connectivity index (χ4v) is 1.88. The zero-order chi connectivity index (χ0) is 13.2. The second-order valence-corrected chi connectivity index (χ2v) is 5.74. The van der Waals surface area contributed by atoms with Gasteiger partial charge in [-0.1, -0.05) is 20.8 Å². The predicted molar refractivity (Wildman–Crippen MR) is 71.7 cm³/mol. The number of rotatable bonds is 5. The maximum Gasteiger partial charge on any atom is 0.249 e. The van der Waals surface area contributed by atoms with Crippen LogP contribution in [0.25, 0.3) is 0 Å². The van der Waals surface area contributed by atoms with Crippen LogP contribution in [0.4, 0.5) is 5.69 Å². The molecule has 1 rings (SSSR count). The molecule has 0 fully saturated rings. The molecule has 0 aliphatic carbocycles. The number of hydrogen-bond donors (Lipinski definition) is 1. The zero-order valence-corrected chi connectivity index (χ0v) is 11.4. The third-order valence-corrected chi connectivity index (χ3v) is 2.74. The van der Waals surface area contributed by atoms with Gasteiger partial charge in [-0.15, -0.1) is 0 Å². The molecule has 0 spiro atoms. The van der Waals surface area contributed by atoms with Crippen LogP contribution in [0, 0.1) is 0 Å². The molecule has 17 heavy (non-hydrogen) atoms. The van der Waals surface area contributed by atoms with Gasteiger partial charge in [0.2, 0.25) is 10.9 Å². The van der Waals surface area contributed by atoms with Gasteiger partial charge in [-0.05, 0) is 32.5 Å². The maximum absolute atomic E-state index is 11.5. The molecule has 0 bridgehead atoms. The van der Waals surface area contributed by atoms with Gasteiger partial charge < -0.3 is 10.2 Å². The molecule has 0 atom stereocenters. The van der Waals surface area contributed by atoms with Gasteiger partial charge in [-0.2, -0.15) is 0 Å². The van der Waals surface area contributed by atoms with Gasteiger partial charge in [0.25, 0.3) is 0 Å². The topological polar surface area (TPSA) is 49.4 Å². The lowest BCUT2D eigenvalue weighted by atomic mass is 9.82. The second kappa shape index (κ2) is 5.00. The van der Waals surface area contributed by atoms with E-state index < -0.39 is 0 Å². The summed E-state index contributed by atoms with van der Waals surface area (Å²) < 4.78 is 0. The molecule has 1 N–H and O–H groups in total. The molecular formula is C13H22N2O2. The Morgan fingerprint density at radius 1 is 1.12 bits per heavy atom. The van der Waals surface area contributed by atoms with Gasteiger partial charge in [-0.3, -0.25) is 9.59 Å². The first-order chi connectivity index (χ1) is 7.75. The minimum absolute atomic E-state index is 0.255. The van der Waals surface area contributed by atoms with E-state index >= 15 is 0 Å². The number of hydrogen-bond acceptors (Lipinski definition) is 4. The van der Waals surface area contributed by atoms with E-state index in [1.54, 1.807) is 0 Å². The molecule has 1 aromatic carbocycles. The molecule has 96 valence electrons.